The normalized spacial score (nSPS) is 12.7. The molecule has 0 saturated heterocycles. The third kappa shape index (κ3) is 11.2. The van der Waals surface area contributed by atoms with Crippen LogP contribution in [-0.4, -0.2) is 40.3 Å². The Morgan fingerprint density at radius 1 is 1.07 bits per heavy atom. The van der Waals surface area contributed by atoms with E-state index in [1.165, 1.54) is 30.2 Å². The first-order valence-corrected chi connectivity index (χ1v) is 16.1. The molecule has 0 fully saturated rings. The Labute approximate surface area is 248 Å². The Morgan fingerprint density at radius 2 is 1.77 bits per heavy atom. The van der Waals surface area contributed by atoms with E-state index >= 15 is 0 Å². The van der Waals surface area contributed by atoms with E-state index in [1.807, 2.05) is 29.2 Å². The lowest BCUT2D eigenvalue weighted by molar-refractivity contribution is -0.148. The molecule has 0 saturated carbocycles. The van der Waals surface area contributed by atoms with Crippen LogP contribution in [0.25, 0.3) is 0 Å². The monoisotopic (exact) mass is 590 g/mol. The van der Waals surface area contributed by atoms with Crippen molar-refractivity contribution in [2.75, 3.05) is 6.54 Å². The summed E-state index contributed by atoms with van der Waals surface area (Å²) in [6.45, 7) is 11.0. The van der Waals surface area contributed by atoms with Crippen molar-refractivity contribution in [1.29, 1.82) is 0 Å². The molecule has 2 rings (SSSR count). The van der Waals surface area contributed by atoms with E-state index in [0.29, 0.717) is 30.9 Å². The maximum Gasteiger partial charge on any atom is 0.303 e. The Balaban J connectivity index is 2.19. The molecule has 0 aliphatic carbocycles. The summed E-state index contributed by atoms with van der Waals surface area (Å²) in [7, 11) is 0. The maximum absolute atomic E-state index is 13.3. The third-order valence-electron chi connectivity index (χ3n) is 6.70. The first-order valence-electron chi connectivity index (χ1n) is 14.4. The second kappa shape index (κ2) is 18.1. The Hall–Kier alpha value is -2.43. The number of hydrogen-bond donors (Lipinski definition) is 2. The van der Waals surface area contributed by atoms with Gasteiger partial charge in [0.15, 0.2) is 6.10 Å². The van der Waals surface area contributed by atoms with Crippen LogP contribution in [0.3, 0.4) is 0 Å². The van der Waals surface area contributed by atoms with Gasteiger partial charge in [-0.1, -0.05) is 65.5 Å². The highest BCUT2D eigenvalue weighted by atomic mass is 32.2. The molecule has 2 amide bonds. The lowest BCUT2D eigenvalue weighted by Gasteiger charge is -2.36. The first-order chi connectivity index (χ1) is 19.2. The van der Waals surface area contributed by atoms with E-state index in [1.54, 1.807) is 5.38 Å². The molecular formula is C30H46N4O4S2. The highest BCUT2D eigenvalue weighted by Gasteiger charge is 2.32. The number of carbonyl (C=O) groups is 3. The van der Waals surface area contributed by atoms with E-state index in [0.717, 1.165) is 49.0 Å². The lowest BCUT2D eigenvalue weighted by Crippen LogP contribution is -2.45. The third-order valence-corrected chi connectivity index (χ3v) is 8.43. The van der Waals surface area contributed by atoms with Crippen LogP contribution in [0.2, 0.25) is 0 Å². The smallest absolute Gasteiger partial charge is 0.303 e. The molecule has 0 spiro atoms. The number of nitrogens with two attached hydrogens (primary N) is 1. The average molecular weight is 591 g/mol. The van der Waals surface area contributed by atoms with Crippen molar-refractivity contribution in [3.05, 3.63) is 45.9 Å². The van der Waals surface area contributed by atoms with Crippen LogP contribution in [0.4, 0.5) is 0 Å². The first kappa shape index (κ1) is 33.8. The van der Waals surface area contributed by atoms with Gasteiger partial charge in [0, 0.05) is 49.2 Å². The minimum absolute atomic E-state index is 0.122. The molecule has 10 heteroatoms. The number of unbranched alkanes of at least 4 members (excludes halogenated alkanes) is 4. The van der Waals surface area contributed by atoms with Gasteiger partial charge in [0.25, 0.3) is 5.91 Å². The molecule has 0 aliphatic rings. The van der Waals surface area contributed by atoms with Crippen LogP contribution in [-0.2, 0) is 20.9 Å². The van der Waals surface area contributed by atoms with E-state index in [9.17, 15) is 14.4 Å². The predicted molar refractivity (Wildman–Crippen MR) is 163 cm³/mol. The fraction of sp³-hybridized carbons (Fsp3) is 0.600. The van der Waals surface area contributed by atoms with Crippen molar-refractivity contribution in [2.24, 2.45) is 11.7 Å². The van der Waals surface area contributed by atoms with Gasteiger partial charge in [-0.2, -0.15) is 0 Å². The largest absolute Gasteiger partial charge is 0.455 e. The van der Waals surface area contributed by atoms with Gasteiger partial charge in [-0.05, 0) is 48.4 Å². The molecule has 1 aromatic heterocycles. The van der Waals surface area contributed by atoms with Crippen LogP contribution < -0.4 is 10.5 Å². The Morgan fingerprint density at radius 3 is 2.38 bits per heavy atom. The number of thiazole rings is 1. The Bertz CT molecular complexity index is 1060. The summed E-state index contributed by atoms with van der Waals surface area (Å²) in [5.41, 5.74) is 6.93. The van der Waals surface area contributed by atoms with E-state index in [4.69, 9.17) is 10.5 Å². The van der Waals surface area contributed by atoms with E-state index < -0.39 is 12.1 Å². The summed E-state index contributed by atoms with van der Waals surface area (Å²) >= 11 is 2.50. The van der Waals surface area contributed by atoms with Crippen molar-refractivity contribution in [3.63, 3.8) is 0 Å². The summed E-state index contributed by atoms with van der Waals surface area (Å²) in [6, 6.07) is 7.52. The summed E-state index contributed by atoms with van der Waals surface area (Å²) in [4.78, 5) is 45.7. The van der Waals surface area contributed by atoms with E-state index in [-0.39, 0.29) is 29.5 Å². The highest BCUT2D eigenvalue weighted by molar-refractivity contribution is 7.98. The van der Waals surface area contributed by atoms with Crippen LogP contribution in [0.5, 0.6) is 0 Å². The number of aromatic nitrogens is 1. The average Bonchev–Trinajstić information content (AvgIpc) is 3.43. The van der Waals surface area contributed by atoms with E-state index in [2.05, 4.69) is 37.4 Å². The zero-order chi connectivity index (χ0) is 29.5. The number of rotatable bonds is 18. The topological polar surface area (TPSA) is 115 Å². The zero-order valence-electron chi connectivity index (χ0n) is 24.6. The number of nitrogens with zero attached hydrogens (tertiary/aromatic N) is 2. The molecule has 40 heavy (non-hydrogen) atoms. The second-order valence-corrected chi connectivity index (χ2v) is 12.1. The minimum atomic E-state index is -0.648. The molecule has 2 unspecified atom stereocenters. The Kier molecular flexibility index (Phi) is 15.3. The lowest BCUT2D eigenvalue weighted by atomic mass is 9.95. The highest BCUT2D eigenvalue weighted by Crippen LogP contribution is 2.31. The molecular weight excluding hydrogens is 544 g/mol. The van der Waals surface area contributed by atoms with Crippen LogP contribution in [0.15, 0.2) is 34.5 Å². The molecule has 2 aromatic rings. The van der Waals surface area contributed by atoms with Crippen LogP contribution in [0.1, 0.15) is 113 Å². The predicted octanol–water partition coefficient (Wildman–Crippen LogP) is 6.66. The van der Waals surface area contributed by atoms with Crippen LogP contribution >= 0.6 is 23.3 Å². The SMILES string of the molecule is CCCCCCN(C(=O)CCCC)C(CC(OC(C)=O)c1nc(C(=O)NSc2ccc(CN)cc2)cs1)C(C)C. The fourth-order valence-corrected chi connectivity index (χ4v) is 5.85. The molecule has 8 nitrogen and oxygen atoms in total. The van der Waals surface area contributed by atoms with Crippen molar-refractivity contribution in [1.82, 2.24) is 14.6 Å². The molecule has 2 atom stereocenters. The van der Waals surface area contributed by atoms with Gasteiger partial charge in [-0.25, -0.2) is 4.98 Å². The summed E-state index contributed by atoms with van der Waals surface area (Å²) in [5, 5.41) is 2.23. The molecule has 222 valence electrons. The van der Waals surface area contributed by atoms with Gasteiger partial charge in [-0.15, -0.1) is 11.3 Å². The van der Waals surface area contributed by atoms with Crippen molar-refractivity contribution in [3.8, 4) is 0 Å². The summed E-state index contributed by atoms with van der Waals surface area (Å²) in [6.07, 6.45) is 6.39. The fourth-order valence-electron chi connectivity index (χ4n) is 4.43. The van der Waals surface area contributed by atoms with Crippen molar-refractivity contribution < 1.29 is 19.1 Å². The van der Waals surface area contributed by atoms with Crippen molar-refractivity contribution in [2.45, 2.75) is 110 Å². The van der Waals surface area contributed by atoms with Gasteiger partial charge in [-0.3, -0.25) is 19.1 Å². The molecule has 0 bridgehead atoms. The van der Waals surface area contributed by atoms with Gasteiger partial charge in [0.1, 0.15) is 10.7 Å². The van der Waals surface area contributed by atoms with Crippen molar-refractivity contribution >= 4 is 41.1 Å². The number of hydrogen-bond acceptors (Lipinski definition) is 8. The van der Waals surface area contributed by atoms with Crippen LogP contribution in [0, 0.1) is 5.92 Å². The standard InChI is InChI=1S/C30H46N4O4S2/c1-6-8-10-11-17-34(28(36)12-9-7-2)26(21(3)4)18-27(38-22(5)35)30-32-25(20-39-30)29(37)33-40-24-15-13-23(19-31)14-16-24/h13-16,20-21,26-27H,6-12,17-19,31H2,1-5H3,(H,33,37). The number of nitrogens with one attached hydrogen (secondary N) is 1. The molecule has 3 N–H and O–H groups in total. The molecule has 0 aliphatic heterocycles. The molecule has 1 aromatic carbocycles. The minimum Gasteiger partial charge on any atom is -0.455 e. The summed E-state index contributed by atoms with van der Waals surface area (Å²) < 4.78 is 8.56. The van der Waals surface area contributed by atoms with Gasteiger partial charge >= 0.3 is 5.97 Å². The maximum atomic E-state index is 13.3. The number of ether oxygens (including phenoxy) is 1. The van der Waals surface area contributed by atoms with Gasteiger partial charge < -0.3 is 15.4 Å². The quantitative estimate of drug-likeness (QED) is 0.113. The number of benzene rings is 1. The van der Waals surface area contributed by atoms with Gasteiger partial charge in [0.2, 0.25) is 5.91 Å². The molecule has 1 heterocycles. The second-order valence-electron chi connectivity index (χ2n) is 10.3. The number of esters is 1. The number of amides is 2. The van der Waals surface area contributed by atoms with Gasteiger partial charge in [0.05, 0.1) is 0 Å². The number of carbonyl (C=O) groups excluding carboxylic acids is 3. The zero-order valence-corrected chi connectivity index (χ0v) is 26.2. The summed E-state index contributed by atoms with van der Waals surface area (Å²) in [5.74, 6) is -0.448. The molecule has 0 radical (unpaired) electrons.